The third-order valence-electron chi connectivity index (χ3n) is 4.84. The molecule has 0 spiro atoms. The fourth-order valence-electron chi connectivity index (χ4n) is 3.20. The average molecular weight is 451 g/mol. The number of anilines is 1. The summed E-state index contributed by atoms with van der Waals surface area (Å²) in [5, 5.41) is 1.47. The molecule has 0 radical (unpaired) electrons. The largest absolute Gasteiger partial charge is 0.462 e. The number of ether oxygens (including phenoxy) is 1. The molecule has 0 unspecified atom stereocenters. The second-order valence-electron chi connectivity index (χ2n) is 7.09. The standard InChI is InChI=1S/C24H19ClN2O5/c1-3-31-24(30)18-12-15(6-10-20(18)25)21-11-9-17(32-21)13-19-22(28)26-27(23(19)29)16-7-4-14(2)5-8-16/h4-13H,3H2,1-2H3,(H,26,28)/b19-13+. The van der Waals surface area contributed by atoms with Crippen molar-refractivity contribution in [2.45, 2.75) is 13.8 Å². The molecule has 8 heteroatoms. The van der Waals surface area contributed by atoms with Crippen molar-refractivity contribution in [2.24, 2.45) is 0 Å². The van der Waals surface area contributed by atoms with E-state index < -0.39 is 17.8 Å². The second kappa shape index (κ2) is 8.72. The normalized spacial score (nSPS) is 14.7. The van der Waals surface area contributed by atoms with Gasteiger partial charge in [-0.25, -0.2) is 9.80 Å². The summed E-state index contributed by atoms with van der Waals surface area (Å²) in [5.74, 6) is -0.771. The number of amides is 2. The maximum absolute atomic E-state index is 12.8. The van der Waals surface area contributed by atoms with Crippen LogP contribution in [0.4, 0.5) is 5.69 Å². The number of hydrazine groups is 1. The maximum atomic E-state index is 12.8. The molecule has 0 bridgehead atoms. The van der Waals surface area contributed by atoms with Gasteiger partial charge in [0.25, 0.3) is 11.8 Å². The highest BCUT2D eigenvalue weighted by atomic mass is 35.5. The number of aryl methyl sites for hydroxylation is 1. The zero-order valence-electron chi connectivity index (χ0n) is 17.3. The van der Waals surface area contributed by atoms with Gasteiger partial charge in [-0.15, -0.1) is 0 Å². The lowest BCUT2D eigenvalue weighted by atomic mass is 10.1. The predicted molar refractivity (Wildman–Crippen MR) is 120 cm³/mol. The van der Waals surface area contributed by atoms with E-state index in [2.05, 4.69) is 5.43 Å². The summed E-state index contributed by atoms with van der Waals surface area (Å²) in [5.41, 5.74) is 4.94. The zero-order chi connectivity index (χ0) is 22.8. The highest BCUT2D eigenvalue weighted by Crippen LogP contribution is 2.29. The van der Waals surface area contributed by atoms with Gasteiger partial charge in [-0.1, -0.05) is 29.3 Å². The Bertz CT molecular complexity index is 1240. The molecule has 1 fully saturated rings. The number of nitrogens with one attached hydrogen (secondary N) is 1. The van der Waals surface area contributed by atoms with Crippen molar-refractivity contribution in [3.8, 4) is 11.3 Å². The number of carbonyl (C=O) groups excluding carboxylic acids is 3. The Balaban J connectivity index is 1.60. The van der Waals surface area contributed by atoms with E-state index in [1.807, 2.05) is 19.1 Å². The van der Waals surface area contributed by atoms with Crippen LogP contribution in [0.1, 0.15) is 28.6 Å². The Labute approximate surface area is 189 Å². The van der Waals surface area contributed by atoms with Crippen molar-refractivity contribution in [1.29, 1.82) is 0 Å². The first kappa shape index (κ1) is 21.4. The van der Waals surface area contributed by atoms with Gasteiger partial charge in [-0.05, 0) is 62.4 Å². The van der Waals surface area contributed by atoms with E-state index in [4.69, 9.17) is 20.8 Å². The minimum Gasteiger partial charge on any atom is -0.462 e. The molecular formula is C24H19ClN2O5. The fraction of sp³-hybridized carbons (Fsp3) is 0.125. The first-order chi connectivity index (χ1) is 15.4. The minimum absolute atomic E-state index is 0.0465. The summed E-state index contributed by atoms with van der Waals surface area (Å²) in [7, 11) is 0. The number of rotatable bonds is 5. The molecule has 162 valence electrons. The molecule has 2 amide bonds. The van der Waals surface area contributed by atoms with Gasteiger partial charge >= 0.3 is 5.97 Å². The number of hydrogen-bond donors (Lipinski definition) is 1. The molecule has 2 heterocycles. The summed E-state index contributed by atoms with van der Waals surface area (Å²) >= 11 is 6.11. The molecule has 2 aromatic carbocycles. The lowest BCUT2D eigenvalue weighted by Gasteiger charge is -2.14. The summed E-state index contributed by atoms with van der Waals surface area (Å²) < 4.78 is 10.8. The summed E-state index contributed by atoms with van der Waals surface area (Å²) in [6, 6.07) is 15.4. The van der Waals surface area contributed by atoms with Crippen molar-refractivity contribution < 1.29 is 23.5 Å². The summed E-state index contributed by atoms with van der Waals surface area (Å²) in [4.78, 5) is 37.2. The number of hydrogen-bond acceptors (Lipinski definition) is 5. The van der Waals surface area contributed by atoms with E-state index in [1.165, 1.54) is 11.1 Å². The number of furan rings is 1. The van der Waals surface area contributed by atoms with Gasteiger partial charge in [0, 0.05) is 5.56 Å². The van der Waals surface area contributed by atoms with Crippen LogP contribution in [0.5, 0.6) is 0 Å². The number of carbonyl (C=O) groups is 3. The molecule has 32 heavy (non-hydrogen) atoms. The van der Waals surface area contributed by atoms with Gasteiger partial charge in [-0.2, -0.15) is 0 Å². The van der Waals surface area contributed by atoms with Gasteiger partial charge < -0.3 is 9.15 Å². The fourth-order valence-corrected chi connectivity index (χ4v) is 3.40. The Hall–Kier alpha value is -3.84. The Morgan fingerprint density at radius 2 is 1.88 bits per heavy atom. The van der Waals surface area contributed by atoms with E-state index in [9.17, 15) is 14.4 Å². The third kappa shape index (κ3) is 4.15. The summed E-state index contributed by atoms with van der Waals surface area (Å²) in [6.07, 6.45) is 1.39. The molecule has 1 aromatic heterocycles. The van der Waals surface area contributed by atoms with Crippen molar-refractivity contribution >= 4 is 41.1 Å². The molecule has 1 aliphatic heterocycles. The van der Waals surface area contributed by atoms with E-state index in [1.54, 1.807) is 49.4 Å². The Morgan fingerprint density at radius 1 is 1.12 bits per heavy atom. The van der Waals surface area contributed by atoms with Gasteiger partial charge in [-0.3, -0.25) is 15.0 Å². The quantitative estimate of drug-likeness (QED) is 0.350. The molecule has 0 atom stereocenters. The molecule has 1 saturated heterocycles. The van der Waals surface area contributed by atoms with E-state index in [0.717, 1.165) is 5.56 Å². The van der Waals surface area contributed by atoms with Crippen LogP contribution in [-0.4, -0.2) is 24.4 Å². The highest BCUT2D eigenvalue weighted by Gasteiger charge is 2.34. The van der Waals surface area contributed by atoms with Crippen molar-refractivity contribution in [1.82, 2.24) is 5.43 Å². The van der Waals surface area contributed by atoms with Crippen LogP contribution in [0.15, 0.2) is 64.6 Å². The van der Waals surface area contributed by atoms with Crippen LogP contribution < -0.4 is 10.4 Å². The van der Waals surface area contributed by atoms with Crippen LogP contribution in [0.2, 0.25) is 5.02 Å². The monoisotopic (exact) mass is 450 g/mol. The molecular weight excluding hydrogens is 432 g/mol. The number of nitrogens with zero attached hydrogens (tertiary/aromatic N) is 1. The molecule has 3 aromatic rings. The van der Waals surface area contributed by atoms with Crippen LogP contribution >= 0.6 is 11.6 Å². The van der Waals surface area contributed by atoms with Gasteiger partial charge in [0.1, 0.15) is 17.1 Å². The van der Waals surface area contributed by atoms with Crippen LogP contribution in [0.3, 0.4) is 0 Å². The SMILES string of the molecule is CCOC(=O)c1cc(-c2ccc(/C=C3\C(=O)NN(c4ccc(C)cc4)C3=O)o2)ccc1Cl. The van der Waals surface area contributed by atoms with Crippen LogP contribution in [-0.2, 0) is 14.3 Å². The van der Waals surface area contributed by atoms with E-state index in [0.29, 0.717) is 22.8 Å². The van der Waals surface area contributed by atoms with Gasteiger partial charge in [0.15, 0.2) is 0 Å². The maximum Gasteiger partial charge on any atom is 0.339 e. The van der Waals surface area contributed by atoms with Gasteiger partial charge in [0.05, 0.1) is 22.9 Å². The molecule has 0 saturated carbocycles. The molecule has 0 aliphatic carbocycles. The lowest BCUT2D eigenvalue weighted by Crippen LogP contribution is -2.35. The molecule has 1 N–H and O–H groups in total. The average Bonchev–Trinajstić information content (AvgIpc) is 3.35. The number of esters is 1. The Morgan fingerprint density at radius 3 is 2.59 bits per heavy atom. The molecule has 1 aliphatic rings. The van der Waals surface area contributed by atoms with Crippen LogP contribution in [0.25, 0.3) is 17.4 Å². The highest BCUT2D eigenvalue weighted by molar-refractivity contribution is 6.33. The lowest BCUT2D eigenvalue weighted by molar-refractivity contribution is -0.117. The first-order valence-electron chi connectivity index (χ1n) is 9.88. The van der Waals surface area contributed by atoms with Crippen molar-refractivity contribution in [2.75, 3.05) is 11.6 Å². The van der Waals surface area contributed by atoms with Crippen molar-refractivity contribution in [3.63, 3.8) is 0 Å². The zero-order valence-corrected chi connectivity index (χ0v) is 18.1. The van der Waals surface area contributed by atoms with E-state index >= 15 is 0 Å². The molecule has 7 nitrogen and oxygen atoms in total. The van der Waals surface area contributed by atoms with E-state index in [-0.39, 0.29) is 22.8 Å². The van der Waals surface area contributed by atoms with Crippen LogP contribution in [0, 0.1) is 6.92 Å². The predicted octanol–water partition coefficient (Wildman–Crippen LogP) is 4.55. The Kier molecular flexibility index (Phi) is 5.83. The topological polar surface area (TPSA) is 88.9 Å². The second-order valence-corrected chi connectivity index (χ2v) is 7.50. The number of benzene rings is 2. The minimum atomic E-state index is -0.530. The summed E-state index contributed by atoms with van der Waals surface area (Å²) in [6.45, 7) is 3.88. The van der Waals surface area contributed by atoms with Crippen molar-refractivity contribution in [3.05, 3.63) is 82.1 Å². The number of halogens is 1. The van der Waals surface area contributed by atoms with Gasteiger partial charge in [0.2, 0.25) is 0 Å². The molecule has 4 rings (SSSR count). The first-order valence-corrected chi connectivity index (χ1v) is 10.3. The smallest absolute Gasteiger partial charge is 0.339 e. The third-order valence-corrected chi connectivity index (χ3v) is 5.17.